The van der Waals surface area contributed by atoms with E-state index in [1.54, 1.807) is 23.6 Å². The summed E-state index contributed by atoms with van der Waals surface area (Å²) in [6, 6.07) is 10.0. The quantitative estimate of drug-likeness (QED) is 0.593. The van der Waals surface area contributed by atoms with Crippen molar-refractivity contribution in [3.8, 4) is 5.75 Å². The van der Waals surface area contributed by atoms with Crippen molar-refractivity contribution < 1.29 is 18.3 Å². The van der Waals surface area contributed by atoms with E-state index in [0.29, 0.717) is 15.6 Å². The average Bonchev–Trinajstić information content (AvgIpc) is 3.07. The summed E-state index contributed by atoms with van der Waals surface area (Å²) in [7, 11) is 0. The molecule has 0 spiro atoms. The summed E-state index contributed by atoms with van der Waals surface area (Å²) in [5.74, 6) is -1.31. The van der Waals surface area contributed by atoms with Gasteiger partial charge in [-0.15, -0.1) is 11.3 Å². The normalized spacial score (nSPS) is 10.6. The first-order valence-electron chi connectivity index (χ1n) is 7.65. The Bertz CT molecular complexity index is 958. The number of hydrogen-bond acceptors (Lipinski definition) is 3. The number of carbonyl (C=O) groups excluding carboxylic acids is 1. The second-order valence-electron chi connectivity index (χ2n) is 5.60. The van der Waals surface area contributed by atoms with Crippen LogP contribution in [0.2, 0.25) is 5.02 Å². The zero-order valence-corrected chi connectivity index (χ0v) is 15.3. The highest BCUT2D eigenvalue weighted by molar-refractivity contribution is 7.12. The van der Waals surface area contributed by atoms with E-state index in [1.807, 2.05) is 13.0 Å². The van der Waals surface area contributed by atoms with Crippen LogP contribution in [0.25, 0.3) is 0 Å². The molecule has 26 heavy (non-hydrogen) atoms. The SMILES string of the molecule is Cc1cc(OCc2csc(C(=O)Nc3ccc(F)cc3F)c2)ccc1Cl. The summed E-state index contributed by atoms with van der Waals surface area (Å²) in [5, 5.41) is 4.89. The van der Waals surface area contributed by atoms with E-state index in [2.05, 4.69) is 5.32 Å². The molecule has 0 unspecified atom stereocenters. The molecule has 2 aromatic carbocycles. The Labute approximate surface area is 158 Å². The van der Waals surface area contributed by atoms with Gasteiger partial charge in [0.15, 0.2) is 0 Å². The number of carbonyl (C=O) groups is 1. The van der Waals surface area contributed by atoms with Crippen molar-refractivity contribution in [2.24, 2.45) is 0 Å². The van der Waals surface area contributed by atoms with Crippen molar-refractivity contribution in [3.05, 3.63) is 80.5 Å². The Morgan fingerprint density at radius 3 is 2.73 bits per heavy atom. The highest BCUT2D eigenvalue weighted by Crippen LogP contribution is 2.23. The van der Waals surface area contributed by atoms with Gasteiger partial charge in [-0.3, -0.25) is 4.79 Å². The molecule has 3 nitrogen and oxygen atoms in total. The number of benzene rings is 2. The number of thiophene rings is 1. The topological polar surface area (TPSA) is 38.3 Å². The Morgan fingerprint density at radius 1 is 1.19 bits per heavy atom. The maximum Gasteiger partial charge on any atom is 0.265 e. The molecule has 0 aliphatic carbocycles. The zero-order valence-electron chi connectivity index (χ0n) is 13.7. The molecule has 0 atom stereocenters. The molecule has 0 fully saturated rings. The first kappa shape index (κ1) is 18.4. The Morgan fingerprint density at radius 2 is 2.00 bits per heavy atom. The molecule has 0 aliphatic rings. The lowest BCUT2D eigenvalue weighted by Gasteiger charge is -2.06. The van der Waals surface area contributed by atoms with Crippen LogP contribution < -0.4 is 10.1 Å². The van der Waals surface area contributed by atoms with Gasteiger partial charge in [0.2, 0.25) is 0 Å². The largest absolute Gasteiger partial charge is 0.489 e. The van der Waals surface area contributed by atoms with Crippen molar-refractivity contribution in [1.82, 2.24) is 0 Å². The van der Waals surface area contributed by atoms with Crippen LogP contribution in [0, 0.1) is 18.6 Å². The molecule has 0 radical (unpaired) electrons. The van der Waals surface area contributed by atoms with Gasteiger partial charge in [-0.2, -0.15) is 0 Å². The number of hydrogen-bond donors (Lipinski definition) is 1. The van der Waals surface area contributed by atoms with Gasteiger partial charge in [0.1, 0.15) is 24.0 Å². The van der Waals surface area contributed by atoms with E-state index in [0.717, 1.165) is 23.3 Å². The number of aryl methyl sites for hydroxylation is 1. The molecule has 0 bridgehead atoms. The molecule has 1 N–H and O–H groups in total. The number of halogens is 3. The lowest BCUT2D eigenvalue weighted by Crippen LogP contribution is -2.11. The molecular formula is C19H14ClF2NO2S. The monoisotopic (exact) mass is 393 g/mol. The number of amides is 1. The highest BCUT2D eigenvalue weighted by Gasteiger charge is 2.13. The minimum atomic E-state index is -0.823. The summed E-state index contributed by atoms with van der Waals surface area (Å²) in [6.45, 7) is 2.17. The predicted octanol–water partition coefficient (Wildman–Crippen LogP) is 5.82. The van der Waals surface area contributed by atoms with Crippen molar-refractivity contribution in [2.45, 2.75) is 13.5 Å². The Balaban J connectivity index is 1.63. The molecule has 1 heterocycles. The second-order valence-corrected chi connectivity index (χ2v) is 6.92. The highest BCUT2D eigenvalue weighted by atomic mass is 35.5. The van der Waals surface area contributed by atoms with Gasteiger partial charge in [0.25, 0.3) is 5.91 Å². The lowest BCUT2D eigenvalue weighted by atomic mass is 10.2. The number of anilines is 1. The van der Waals surface area contributed by atoms with Gasteiger partial charge in [0.05, 0.1) is 10.6 Å². The van der Waals surface area contributed by atoms with Crippen molar-refractivity contribution in [1.29, 1.82) is 0 Å². The van der Waals surface area contributed by atoms with E-state index in [9.17, 15) is 13.6 Å². The number of ether oxygens (including phenoxy) is 1. The molecular weight excluding hydrogens is 380 g/mol. The summed E-state index contributed by atoms with van der Waals surface area (Å²) in [5.41, 5.74) is 1.66. The lowest BCUT2D eigenvalue weighted by molar-refractivity contribution is 0.103. The molecule has 3 aromatic rings. The van der Waals surface area contributed by atoms with E-state index < -0.39 is 17.5 Å². The Kier molecular flexibility index (Phi) is 5.54. The summed E-state index contributed by atoms with van der Waals surface area (Å²) >= 11 is 7.19. The molecule has 0 saturated carbocycles. The van der Waals surface area contributed by atoms with Crippen LogP contribution in [-0.2, 0) is 6.61 Å². The zero-order chi connectivity index (χ0) is 18.7. The molecule has 3 rings (SSSR count). The third kappa shape index (κ3) is 4.39. The third-order valence-corrected chi connectivity index (χ3v) is 4.99. The van der Waals surface area contributed by atoms with Crippen LogP contribution in [0.4, 0.5) is 14.5 Å². The van der Waals surface area contributed by atoms with E-state index >= 15 is 0 Å². The molecule has 0 saturated heterocycles. The van der Waals surface area contributed by atoms with Crippen LogP contribution >= 0.6 is 22.9 Å². The van der Waals surface area contributed by atoms with Crippen molar-refractivity contribution >= 4 is 34.5 Å². The smallest absolute Gasteiger partial charge is 0.265 e. The van der Waals surface area contributed by atoms with Crippen LogP contribution in [0.5, 0.6) is 5.75 Å². The number of nitrogens with one attached hydrogen (secondary N) is 1. The van der Waals surface area contributed by atoms with Gasteiger partial charge in [-0.25, -0.2) is 8.78 Å². The average molecular weight is 394 g/mol. The summed E-state index contributed by atoms with van der Waals surface area (Å²) < 4.78 is 32.2. The fourth-order valence-corrected chi connectivity index (χ4v) is 3.13. The first-order valence-corrected chi connectivity index (χ1v) is 8.91. The third-order valence-electron chi connectivity index (χ3n) is 3.59. The number of rotatable bonds is 5. The minimum Gasteiger partial charge on any atom is -0.489 e. The van der Waals surface area contributed by atoms with Gasteiger partial charge < -0.3 is 10.1 Å². The van der Waals surface area contributed by atoms with Crippen LogP contribution in [0.1, 0.15) is 20.8 Å². The summed E-state index contributed by atoms with van der Waals surface area (Å²) in [6.07, 6.45) is 0. The van der Waals surface area contributed by atoms with Gasteiger partial charge in [-0.05, 0) is 54.3 Å². The Hall–Kier alpha value is -2.44. The molecule has 1 amide bonds. The van der Waals surface area contributed by atoms with E-state index in [-0.39, 0.29) is 12.3 Å². The second kappa shape index (κ2) is 7.85. The van der Waals surface area contributed by atoms with Crippen LogP contribution in [0.15, 0.2) is 47.8 Å². The molecule has 134 valence electrons. The predicted molar refractivity (Wildman–Crippen MR) is 99.2 cm³/mol. The van der Waals surface area contributed by atoms with E-state index in [1.165, 1.54) is 17.4 Å². The maximum absolute atomic E-state index is 13.6. The van der Waals surface area contributed by atoms with Crippen molar-refractivity contribution in [3.63, 3.8) is 0 Å². The standard InChI is InChI=1S/C19H14ClF2NO2S/c1-11-6-14(3-4-15(11)20)25-9-12-7-18(26-10-12)19(24)23-17-5-2-13(21)8-16(17)22/h2-8,10H,9H2,1H3,(H,23,24). The maximum atomic E-state index is 13.6. The molecule has 0 aliphatic heterocycles. The van der Waals surface area contributed by atoms with Crippen LogP contribution in [-0.4, -0.2) is 5.91 Å². The minimum absolute atomic E-state index is 0.0701. The van der Waals surface area contributed by atoms with Crippen LogP contribution in [0.3, 0.4) is 0 Å². The summed E-state index contributed by atoms with van der Waals surface area (Å²) in [4.78, 5) is 12.6. The fraction of sp³-hybridized carbons (Fsp3) is 0.105. The van der Waals surface area contributed by atoms with Crippen molar-refractivity contribution in [2.75, 3.05) is 5.32 Å². The van der Waals surface area contributed by atoms with E-state index in [4.69, 9.17) is 16.3 Å². The fourth-order valence-electron chi connectivity index (χ4n) is 2.22. The van der Waals surface area contributed by atoms with Gasteiger partial charge in [0, 0.05) is 16.7 Å². The molecule has 1 aromatic heterocycles. The molecule has 7 heteroatoms. The van der Waals surface area contributed by atoms with Gasteiger partial charge >= 0.3 is 0 Å². The first-order chi connectivity index (χ1) is 12.4. The van der Waals surface area contributed by atoms with Gasteiger partial charge in [-0.1, -0.05) is 11.6 Å².